The number of hydrogen-bond acceptors (Lipinski definition) is 6. The first kappa shape index (κ1) is 12.3. The summed E-state index contributed by atoms with van der Waals surface area (Å²) in [6.45, 7) is 4.29. The predicted octanol–water partition coefficient (Wildman–Crippen LogP) is -0.0444. The lowest BCUT2D eigenvalue weighted by atomic mass is 10.3. The van der Waals surface area contributed by atoms with Crippen LogP contribution in [0.1, 0.15) is 9.67 Å². The van der Waals surface area contributed by atoms with Crippen molar-refractivity contribution in [2.24, 2.45) is 0 Å². The number of thiazole rings is 1. The third kappa shape index (κ3) is 2.93. The zero-order chi connectivity index (χ0) is 12.3. The van der Waals surface area contributed by atoms with E-state index in [2.05, 4.69) is 14.8 Å². The molecule has 2 rings (SSSR count). The Balaban J connectivity index is 1.93. The van der Waals surface area contributed by atoms with Gasteiger partial charge in [0.05, 0.1) is 12.8 Å². The molecule has 1 fully saturated rings. The fourth-order valence-corrected chi connectivity index (χ4v) is 2.62. The first-order valence-electron chi connectivity index (χ1n) is 5.48. The molecular weight excluding hydrogens is 242 g/mol. The van der Waals surface area contributed by atoms with Crippen molar-refractivity contribution in [1.82, 2.24) is 9.88 Å². The van der Waals surface area contributed by atoms with Crippen LogP contribution in [0.2, 0.25) is 0 Å². The molecule has 0 bridgehead atoms. The molecule has 1 aliphatic rings. The van der Waals surface area contributed by atoms with Gasteiger partial charge in [0.1, 0.15) is 4.88 Å². The fraction of sp³-hybridized carbons (Fsp3) is 0.600. The van der Waals surface area contributed by atoms with Crippen molar-refractivity contribution in [1.29, 1.82) is 0 Å². The Morgan fingerprint density at radius 1 is 1.41 bits per heavy atom. The van der Waals surface area contributed by atoms with Gasteiger partial charge in [0, 0.05) is 32.7 Å². The zero-order valence-electron chi connectivity index (χ0n) is 9.37. The quantitative estimate of drug-likeness (QED) is 0.788. The standard InChI is InChI=1S/C10H15N3O3S/c14-6-5-12-1-3-13(4-2-12)10-11-7-8(17-10)9(15)16/h7,14H,1-6H2,(H,15,16). The third-order valence-corrected chi connectivity index (χ3v) is 3.81. The van der Waals surface area contributed by atoms with Gasteiger partial charge in [0.25, 0.3) is 0 Å². The maximum atomic E-state index is 10.8. The van der Waals surface area contributed by atoms with Gasteiger partial charge in [0.15, 0.2) is 5.13 Å². The van der Waals surface area contributed by atoms with Crippen LogP contribution in [-0.2, 0) is 0 Å². The van der Waals surface area contributed by atoms with Crippen molar-refractivity contribution < 1.29 is 15.0 Å². The van der Waals surface area contributed by atoms with E-state index in [-0.39, 0.29) is 11.5 Å². The number of anilines is 1. The van der Waals surface area contributed by atoms with Crippen LogP contribution in [0.15, 0.2) is 6.20 Å². The van der Waals surface area contributed by atoms with Crippen LogP contribution in [0.25, 0.3) is 0 Å². The van der Waals surface area contributed by atoms with E-state index in [0.717, 1.165) is 31.3 Å². The molecule has 94 valence electrons. The summed E-state index contributed by atoms with van der Waals surface area (Å²) in [5.41, 5.74) is 0. The van der Waals surface area contributed by atoms with Gasteiger partial charge in [0.2, 0.25) is 0 Å². The lowest BCUT2D eigenvalue weighted by Crippen LogP contribution is -2.47. The largest absolute Gasteiger partial charge is 0.477 e. The highest BCUT2D eigenvalue weighted by Crippen LogP contribution is 2.23. The van der Waals surface area contributed by atoms with Crippen LogP contribution in [-0.4, -0.2) is 65.4 Å². The second-order valence-electron chi connectivity index (χ2n) is 3.86. The molecule has 0 aromatic carbocycles. The van der Waals surface area contributed by atoms with E-state index in [9.17, 15) is 4.79 Å². The van der Waals surface area contributed by atoms with E-state index in [1.54, 1.807) is 0 Å². The summed E-state index contributed by atoms with van der Waals surface area (Å²) in [5.74, 6) is -0.923. The van der Waals surface area contributed by atoms with Crippen LogP contribution in [0.4, 0.5) is 5.13 Å². The van der Waals surface area contributed by atoms with Gasteiger partial charge < -0.3 is 15.1 Å². The molecule has 0 unspecified atom stereocenters. The number of carboxylic acids is 1. The average molecular weight is 257 g/mol. The molecule has 1 saturated heterocycles. The number of aromatic carboxylic acids is 1. The number of carbonyl (C=O) groups is 1. The van der Waals surface area contributed by atoms with Gasteiger partial charge in [-0.3, -0.25) is 4.90 Å². The number of hydrogen-bond donors (Lipinski definition) is 2. The summed E-state index contributed by atoms with van der Waals surface area (Å²) in [7, 11) is 0. The molecule has 0 amide bonds. The van der Waals surface area contributed by atoms with E-state index in [1.807, 2.05) is 0 Å². The number of aliphatic hydroxyl groups is 1. The van der Waals surface area contributed by atoms with E-state index >= 15 is 0 Å². The first-order chi connectivity index (χ1) is 8.20. The first-order valence-corrected chi connectivity index (χ1v) is 6.29. The van der Waals surface area contributed by atoms with Gasteiger partial charge in [-0.1, -0.05) is 11.3 Å². The maximum absolute atomic E-state index is 10.8. The Hall–Kier alpha value is -1.18. The van der Waals surface area contributed by atoms with Crippen LogP contribution in [0, 0.1) is 0 Å². The van der Waals surface area contributed by atoms with Crippen molar-refractivity contribution in [3.8, 4) is 0 Å². The Bertz CT molecular complexity index is 388. The summed E-state index contributed by atoms with van der Waals surface area (Å²) in [6, 6.07) is 0. The molecule has 0 spiro atoms. The van der Waals surface area contributed by atoms with Crippen molar-refractivity contribution in [3.05, 3.63) is 11.1 Å². The highest BCUT2D eigenvalue weighted by Gasteiger charge is 2.20. The minimum Gasteiger partial charge on any atom is -0.477 e. The number of aliphatic hydroxyl groups excluding tert-OH is 1. The molecule has 0 aliphatic carbocycles. The van der Waals surface area contributed by atoms with Gasteiger partial charge in [-0.2, -0.15) is 0 Å². The topological polar surface area (TPSA) is 76.9 Å². The molecule has 2 heterocycles. The number of β-amino-alcohol motifs (C(OH)–C–C–N with tert-alkyl or cyclic N) is 1. The molecule has 0 atom stereocenters. The molecule has 1 aromatic heterocycles. The Morgan fingerprint density at radius 2 is 2.12 bits per heavy atom. The highest BCUT2D eigenvalue weighted by atomic mass is 32.1. The zero-order valence-corrected chi connectivity index (χ0v) is 10.2. The summed E-state index contributed by atoms with van der Waals surface area (Å²) in [5, 5.41) is 18.4. The fourth-order valence-electron chi connectivity index (χ4n) is 1.81. The summed E-state index contributed by atoms with van der Waals surface area (Å²) in [4.78, 5) is 19.4. The summed E-state index contributed by atoms with van der Waals surface area (Å²) >= 11 is 1.21. The number of carboxylic acid groups (broad SMARTS) is 1. The monoisotopic (exact) mass is 257 g/mol. The molecule has 17 heavy (non-hydrogen) atoms. The molecule has 0 saturated carbocycles. The summed E-state index contributed by atoms with van der Waals surface area (Å²) < 4.78 is 0. The predicted molar refractivity (Wildman–Crippen MR) is 64.8 cm³/mol. The third-order valence-electron chi connectivity index (χ3n) is 2.76. The van der Waals surface area contributed by atoms with Gasteiger partial charge in [-0.25, -0.2) is 9.78 Å². The minimum atomic E-state index is -0.923. The second-order valence-corrected chi connectivity index (χ2v) is 4.87. The van der Waals surface area contributed by atoms with Gasteiger partial charge in [-0.05, 0) is 0 Å². The highest BCUT2D eigenvalue weighted by molar-refractivity contribution is 7.17. The van der Waals surface area contributed by atoms with E-state index < -0.39 is 5.97 Å². The molecule has 7 heteroatoms. The lowest BCUT2D eigenvalue weighted by molar-refractivity contribution is 0.0702. The summed E-state index contributed by atoms with van der Waals surface area (Å²) in [6.07, 6.45) is 1.41. The second kappa shape index (κ2) is 5.44. The van der Waals surface area contributed by atoms with Crippen LogP contribution >= 0.6 is 11.3 Å². The number of aromatic nitrogens is 1. The number of nitrogens with zero attached hydrogens (tertiary/aromatic N) is 3. The van der Waals surface area contributed by atoms with E-state index in [1.165, 1.54) is 17.5 Å². The van der Waals surface area contributed by atoms with Crippen molar-refractivity contribution >= 4 is 22.4 Å². The van der Waals surface area contributed by atoms with Gasteiger partial charge >= 0.3 is 5.97 Å². The number of rotatable bonds is 4. The van der Waals surface area contributed by atoms with Crippen LogP contribution in [0.3, 0.4) is 0 Å². The average Bonchev–Trinajstić information content (AvgIpc) is 2.80. The van der Waals surface area contributed by atoms with Gasteiger partial charge in [-0.15, -0.1) is 0 Å². The van der Waals surface area contributed by atoms with Crippen LogP contribution < -0.4 is 4.90 Å². The van der Waals surface area contributed by atoms with Crippen molar-refractivity contribution in [3.63, 3.8) is 0 Å². The van der Waals surface area contributed by atoms with E-state index in [4.69, 9.17) is 10.2 Å². The molecule has 6 nitrogen and oxygen atoms in total. The van der Waals surface area contributed by atoms with Crippen molar-refractivity contribution in [2.45, 2.75) is 0 Å². The Morgan fingerprint density at radius 3 is 2.65 bits per heavy atom. The van der Waals surface area contributed by atoms with Crippen molar-refractivity contribution in [2.75, 3.05) is 44.2 Å². The molecule has 0 radical (unpaired) electrons. The smallest absolute Gasteiger partial charge is 0.347 e. The molecular formula is C10H15N3O3S. The normalized spacial score (nSPS) is 17.4. The SMILES string of the molecule is O=C(O)c1cnc(N2CCN(CCO)CC2)s1. The minimum absolute atomic E-state index is 0.181. The maximum Gasteiger partial charge on any atom is 0.347 e. The van der Waals surface area contributed by atoms with Crippen LogP contribution in [0.5, 0.6) is 0 Å². The molecule has 2 N–H and O–H groups in total. The lowest BCUT2D eigenvalue weighted by Gasteiger charge is -2.34. The Labute approximate surface area is 103 Å². The molecule has 1 aromatic rings. The molecule has 1 aliphatic heterocycles. The number of piperazine rings is 1. The van der Waals surface area contributed by atoms with E-state index in [0.29, 0.717) is 6.54 Å². The Kier molecular flexibility index (Phi) is 3.93.